The molecule has 3 heteroatoms. The lowest BCUT2D eigenvalue weighted by Gasteiger charge is -2.06. The molecule has 2 aromatic carbocycles. The highest BCUT2D eigenvalue weighted by Gasteiger charge is 2.06. The fourth-order valence-electron chi connectivity index (χ4n) is 2.10. The summed E-state index contributed by atoms with van der Waals surface area (Å²) in [6.45, 7) is 0. The number of aromatic nitrogens is 1. The van der Waals surface area contributed by atoms with E-state index in [1.54, 1.807) is 0 Å². The summed E-state index contributed by atoms with van der Waals surface area (Å²) in [5.74, 6) is 0. The molecule has 94 valence electrons. The first-order valence-electron chi connectivity index (χ1n) is 6.01. The van der Waals surface area contributed by atoms with Gasteiger partial charge in [-0.15, -0.1) is 0 Å². The Bertz CT molecular complexity index is 725. The molecule has 0 fully saturated rings. The maximum atomic E-state index is 6.28. The smallest absolute Gasteiger partial charge is 0.133 e. The molecule has 0 aliphatic heterocycles. The minimum atomic E-state index is 0.578. The van der Waals surface area contributed by atoms with Gasteiger partial charge in [-0.3, -0.25) is 0 Å². The monoisotopic (exact) mass is 331 g/mol. The van der Waals surface area contributed by atoms with E-state index in [0.29, 0.717) is 5.15 Å². The number of benzene rings is 2. The van der Waals surface area contributed by atoms with Crippen molar-refractivity contribution in [1.29, 1.82) is 0 Å². The van der Waals surface area contributed by atoms with Crippen molar-refractivity contribution in [2.24, 2.45) is 0 Å². The summed E-state index contributed by atoms with van der Waals surface area (Å²) in [6.07, 6.45) is 0.804. The van der Waals surface area contributed by atoms with Gasteiger partial charge in [0.25, 0.3) is 0 Å². The molecule has 3 aromatic rings. The minimum absolute atomic E-state index is 0.578. The topological polar surface area (TPSA) is 12.9 Å². The highest BCUT2D eigenvalue weighted by atomic mass is 79.9. The number of hydrogen-bond acceptors (Lipinski definition) is 1. The van der Waals surface area contributed by atoms with E-state index in [-0.39, 0.29) is 0 Å². The summed E-state index contributed by atoms with van der Waals surface area (Å²) in [5, 5.41) is 1.69. The Morgan fingerprint density at radius 3 is 2.58 bits per heavy atom. The number of halogens is 2. The zero-order valence-corrected chi connectivity index (χ0v) is 12.4. The molecule has 0 saturated heterocycles. The summed E-state index contributed by atoms with van der Waals surface area (Å²) >= 11 is 9.73. The molecule has 3 rings (SSSR count). The molecule has 19 heavy (non-hydrogen) atoms. The van der Waals surface area contributed by atoms with Crippen LogP contribution in [0, 0.1) is 0 Å². The molecular formula is C16H11BrClN. The maximum Gasteiger partial charge on any atom is 0.133 e. The van der Waals surface area contributed by atoms with E-state index in [1.807, 2.05) is 30.3 Å². The Balaban J connectivity index is 2.04. The fourth-order valence-corrected chi connectivity index (χ4v) is 2.66. The minimum Gasteiger partial charge on any atom is -0.236 e. The van der Waals surface area contributed by atoms with E-state index in [4.69, 9.17) is 11.6 Å². The van der Waals surface area contributed by atoms with Gasteiger partial charge in [0.15, 0.2) is 0 Å². The van der Waals surface area contributed by atoms with Gasteiger partial charge in [0.05, 0.1) is 5.52 Å². The summed E-state index contributed by atoms with van der Waals surface area (Å²) in [6, 6.07) is 18.5. The Morgan fingerprint density at radius 2 is 1.79 bits per heavy atom. The number of nitrogens with zero attached hydrogens (tertiary/aromatic N) is 1. The Labute approximate surface area is 125 Å². The second kappa shape index (κ2) is 5.32. The van der Waals surface area contributed by atoms with Crippen LogP contribution in [0.4, 0.5) is 0 Å². The average Bonchev–Trinajstić information content (AvgIpc) is 2.41. The normalized spacial score (nSPS) is 10.8. The van der Waals surface area contributed by atoms with Gasteiger partial charge < -0.3 is 0 Å². The van der Waals surface area contributed by atoms with Crippen molar-refractivity contribution in [3.63, 3.8) is 0 Å². The molecule has 0 spiro atoms. The van der Waals surface area contributed by atoms with Crippen LogP contribution in [0.15, 0.2) is 59.1 Å². The first kappa shape index (κ1) is 12.6. The first-order valence-corrected chi connectivity index (χ1v) is 7.18. The van der Waals surface area contributed by atoms with E-state index >= 15 is 0 Å². The van der Waals surface area contributed by atoms with Gasteiger partial charge in [-0.05, 0) is 29.3 Å². The molecule has 0 aliphatic rings. The number of pyridine rings is 1. The molecule has 0 N–H and O–H groups in total. The molecule has 0 radical (unpaired) electrons. The molecular weight excluding hydrogens is 322 g/mol. The van der Waals surface area contributed by atoms with Crippen LogP contribution in [0.1, 0.15) is 11.1 Å². The zero-order chi connectivity index (χ0) is 13.2. The van der Waals surface area contributed by atoms with Crippen molar-refractivity contribution in [1.82, 2.24) is 4.98 Å². The van der Waals surface area contributed by atoms with Gasteiger partial charge >= 0.3 is 0 Å². The van der Waals surface area contributed by atoms with Crippen LogP contribution in [-0.2, 0) is 6.42 Å². The van der Waals surface area contributed by atoms with E-state index in [9.17, 15) is 0 Å². The Hall–Kier alpha value is -1.38. The van der Waals surface area contributed by atoms with Gasteiger partial charge in [-0.1, -0.05) is 63.9 Å². The van der Waals surface area contributed by atoms with Crippen LogP contribution in [0.3, 0.4) is 0 Å². The third-order valence-corrected chi connectivity index (χ3v) is 3.86. The van der Waals surface area contributed by atoms with Crippen molar-refractivity contribution in [3.05, 3.63) is 75.4 Å². The summed E-state index contributed by atoms with van der Waals surface area (Å²) in [7, 11) is 0. The standard InChI is InChI=1S/C16H11BrClN/c17-14-7-6-12-9-13(16(18)19-15(12)10-14)8-11-4-2-1-3-5-11/h1-7,9-10H,8H2. The second-order valence-corrected chi connectivity index (χ2v) is 5.71. The highest BCUT2D eigenvalue weighted by Crippen LogP contribution is 2.25. The fraction of sp³-hybridized carbons (Fsp3) is 0.0625. The molecule has 1 aromatic heterocycles. The van der Waals surface area contributed by atoms with Crippen molar-refractivity contribution < 1.29 is 0 Å². The van der Waals surface area contributed by atoms with Crippen molar-refractivity contribution in [3.8, 4) is 0 Å². The lowest BCUT2D eigenvalue weighted by atomic mass is 10.0. The summed E-state index contributed by atoms with van der Waals surface area (Å²) in [5.41, 5.74) is 3.21. The molecule has 0 atom stereocenters. The van der Waals surface area contributed by atoms with Crippen LogP contribution < -0.4 is 0 Å². The van der Waals surface area contributed by atoms with E-state index in [0.717, 1.165) is 27.4 Å². The Morgan fingerprint density at radius 1 is 1.00 bits per heavy atom. The first-order chi connectivity index (χ1) is 9.22. The van der Waals surface area contributed by atoms with E-state index in [2.05, 4.69) is 45.2 Å². The van der Waals surface area contributed by atoms with Crippen LogP contribution in [0.25, 0.3) is 10.9 Å². The summed E-state index contributed by atoms with van der Waals surface area (Å²) < 4.78 is 1.01. The van der Waals surface area contributed by atoms with Crippen LogP contribution >= 0.6 is 27.5 Å². The Kier molecular flexibility index (Phi) is 3.54. The van der Waals surface area contributed by atoms with E-state index in [1.165, 1.54) is 5.56 Å². The van der Waals surface area contributed by atoms with Crippen LogP contribution in [0.2, 0.25) is 5.15 Å². The number of rotatable bonds is 2. The zero-order valence-electron chi connectivity index (χ0n) is 10.1. The van der Waals surface area contributed by atoms with Crippen LogP contribution in [0.5, 0.6) is 0 Å². The molecule has 1 nitrogen and oxygen atoms in total. The predicted molar refractivity (Wildman–Crippen MR) is 83.7 cm³/mol. The molecule has 0 bridgehead atoms. The lowest BCUT2D eigenvalue weighted by Crippen LogP contribution is -1.92. The van der Waals surface area contributed by atoms with Gasteiger partial charge in [-0.25, -0.2) is 4.98 Å². The molecule has 0 aliphatic carbocycles. The predicted octanol–water partition coefficient (Wildman–Crippen LogP) is 5.24. The average molecular weight is 333 g/mol. The van der Waals surface area contributed by atoms with Crippen molar-refractivity contribution >= 4 is 38.4 Å². The van der Waals surface area contributed by atoms with Crippen molar-refractivity contribution in [2.75, 3.05) is 0 Å². The summed E-state index contributed by atoms with van der Waals surface area (Å²) in [4.78, 5) is 4.47. The maximum absolute atomic E-state index is 6.28. The van der Waals surface area contributed by atoms with Gasteiger partial charge in [0.2, 0.25) is 0 Å². The quantitative estimate of drug-likeness (QED) is 0.585. The largest absolute Gasteiger partial charge is 0.236 e. The van der Waals surface area contributed by atoms with E-state index < -0.39 is 0 Å². The lowest BCUT2D eigenvalue weighted by molar-refractivity contribution is 1.17. The number of fused-ring (bicyclic) bond motifs is 1. The second-order valence-electron chi connectivity index (χ2n) is 4.44. The van der Waals surface area contributed by atoms with Gasteiger partial charge in [0, 0.05) is 16.3 Å². The van der Waals surface area contributed by atoms with Crippen molar-refractivity contribution in [2.45, 2.75) is 6.42 Å². The highest BCUT2D eigenvalue weighted by molar-refractivity contribution is 9.10. The van der Waals surface area contributed by atoms with Crippen LogP contribution in [-0.4, -0.2) is 4.98 Å². The third kappa shape index (κ3) is 2.80. The number of hydrogen-bond donors (Lipinski definition) is 0. The molecule has 0 amide bonds. The van der Waals surface area contributed by atoms with Gasteiger partial charge in [0.1, 0.15) is 5.15 Å². The molecule has 0 saturated carbocycles. The molecule has 0 unspecified atom stereocenters. The SMILES string of the molecule is Clc1nc2cc(Br)ccc2cc1Cc1ccccc1. The van der Waals surface area contributed by atoms with Gasteiger partial charge in [-0.2, -0.15) is 0 Å². The molecule has 1 heterocycles. The third-order valence-electron chi connectivity index (χ3n) is 3.04.